The molecule has 1 unspecified atom stereocenters. The van der Waals surface area contributed by atoms with Crippen molar-refractivity contribution in [2.75, 3.05) is 46.4 Å². The minimum absolute atomic E-state index is 0.0127. The Kier molecular flexibility index (Phi) is 7.58. The zero-order valence-corrected chi connectivity index (χ0v) is 18.7. The topological polar surface area (TPSA) is 62.3 Å². The fraction of sp³-hybridized carbons (Fsp3) is 0.652. The minimum atomic E-state index is 0.0127. The van der Waals surface area contributed by atoms with Gasteiger partial charge in [-0.05, 0) is 37.7 Å². The van der Waals surface area contributed by atoms with Crippen molar-refractivity contribution in [3.63, 3.8) is 0 Å². The summed E-state index contributed by atoms with van der Waals surface area (Å²) in [6.07, 6.45) is 2.58. The third kappa shape index (κ3) is 5.06. The normalized spacial score (nSPS) is 20.0. The largest absolute Gasteiger partial charge is 0.493 e. The van der Waals surface area contributed by atoms with Crippen LogP contribution >= 0.6 is 0 Å². The van der Waals surface area contributed by atoms with Gasteiger partial charge in [0.25, 0.3) is 5.91 Å². The van der Waals surface area contributed by atoms with Crippen LogP contribution < -0.4 is 9.47 Å². The Hall–Kier alpha value is -2.28. The molecule has 7 nitrogen and oxygen atoms in total. The fourth-order valence-electron chi connectivity index (χ4n) is 4.52. The molecule has 0 spiro atoms. The van der Waals surface area contributed by atoms with Crippen molar-refractivity contribution in [3.8, 4) is 11.5 Å². The standard InChI is InChI=1S/C23H35N3O4/c1-5-24(6-2)19-9-12-26(16-19)23(28)18-7-8-21(29-4)22(15-18)30-20-10-13-25(14-11-20)17(3)27/h7-8,15,19-20H,5-6,9-14,16H2,1-4H3. The van der Waals surface area contributed by atoms with E-state index >= 15 is 0 Å². The highest BCUT2D eigenvalue weighted by Gasteiger charge is 2.30. The van der Waals surface area contributed by atoms with Crippen LogP contribution in [0, 0.1) is 0 Å². The van der Waals surface area contributed by atoms with Crippen LogP contribution in [0.5, 0.6) is 11.5 Å². The van der Waals surface area contributed by atoms with E-state index < -0.39 is 0 Å². The molecule has 0 radical (unpaired) electrons. The molecule has 2 heterocycles. The van der Waals surface area contributed by atoms with Gasteiger partial charge in [-0.3, -0.25) is 14.5 Å². The molecular weight excluding hydrogens is 382 g/mol. The first-order valence-electron chi connectivity index (χ1n) is 11.1. The van der Waals surface area contributed by atoms with E-state index in [1.54, 1.807) is 14.0 Å². The second-order valence-corrected chi connectivity index (χ2v) is 8.10. The lowest BCUT2D eigenvalue weighted by Crippen LogP contribution is -2.40. The van der Waals surface area contributed by atoms with Gasteiger partial charge in [0.05, 0.1) is 7.11 Å². The molecule has 2 saturated heterocycles. The van der Waals surface area contributed by atoms with Crippen molar-refractivity contribution < 1.29 is 19.1 Å². The van der Waals surface area contributed by atoms with Crippen LogP contribution in [-0.2, 0) is 4.79 Å². The molecule has 3 rings (SSSR count). The smallest absolute Gasteiger partial charge is 0.254 e. The van der Waals surface area contributed by atoms with Crippen molar-refractivity contribution in [1.29, 1.82) is 0 Å². The molecule has 166 valence electrons. The second-order valence-electron chi connectivity index (χ2n) is 8.10. The van der Waals surface area contributed by atoms with Gasteiger partial charge < -0.3 is 19.3 Å². The molecule has 2 aliphatic rings. The van der Waals surface area contributed by atoms with Crippen LogP contribution in [0.2, 0.25) is 0 Å². The summed E-state index contributed by atoms with van der Waals surface area (Å²) < 4.78 is 11.7. The van der Waals surface area contributed by atoms with Crippen molar-refractivity contribution in [2.45, 2.75) is 52.2 Å². The van der Waals surface area contributed by atoms with Crippen LogP contribution in [0.25, 0.3) is 0 Å². The summed E-state index contributed by atoms with van der Waals surface area (Å²) in [5.74, 6) is 1.38. The maximum atomic E-state index is 13.1. The number of nitrogens with zero attached hydrogens (tertiary/aromatic N) is 3. The van der Waals surface area contributed by atoms with Gasteiger partial charge in [0.2, 0.25) is 5.91 Å². The van der Waals surface area contributed by atoms with Crippen LogP contribution in [-0.4, -0.2) is 85.0 Å². The summed E-state index contributed by atoms with van der Waals surface area (Å²) in [4.78, 5) is 30.9. The Balaban J connectivity index is 1.67. The van der Waals surface area contributed by atoms with Gasteiger partial charge in [0.15, 0.2) is 11.5 Å². The molecule has 2 fully saturated rings. The number of ether oxygens (including phenoxy) is 2. The highest BCUT2D eigenvalue weighted by molar-refractivity contribution is 5.95. The summed E-state index contributed by atoms with van der Waals surface area (Å²) in [6, 6.07) is 5.87. The number of benzene rings is 1. The maximum absolute atomic E-state index is 13.1. The Morgan fingerprint density at radius 3 is 2.30 bits per heavy atom. The van der Waals surface area contributed by atoms with Crippen molar-refractivity contribution in [3.05, 3.63) is 23.8 Å². The average molecular weight is 418 g/mol. The number of amides is 2. The van der Waals surface area contributed by atoms with E-state index in [2.05, 4.69) is 18.7 Å². The number of carbonyl (C=O) groups excluding carboxylic acids is 2. The lowest BCUT2D eigenvalue weighted by atomic mass is 10.1. The van der Waals surface area contributed by atoms with E-state index in [0.717, 1.165) is 45.4 Å². The molecule has 1 aromatic rings. The van der Waals surface area contributed by atoms with Crippen molar-refractivity contribution >= 4 is 11.8 Å². The molecule has 0 aliphatic carbocycles. The molecule has 2 amide bonds. The molecule has 0 N–H and O–H groups in total. The van der Waals surface area contributed by atoms with E-state index in [0.29, 0.717) is 36.2 Å². The van der Waals surface area contributed by atoms with E-state index in [1.165, 1.54) is 0 Å². The van der Waals surface area contributed by atoms with E-state index in [-0.39, 0.29) is 17.9 Å². The van der Waals surface area contributed by atoms with Crippen molar-refractivity contribution in [1.82, 2.24) is 14.7 Å². The predicted molar refractivity (Wildman–Crippen MR) is 116 cm³/mol. The minimum Gasteiger partial charge on any atom is -0.493 e. The summed E-state index contributed by atoms with van der Waals surface area (Å²) in [7, 11) is 1.61. The SMILES string of the molecule is CCN(CC)C1CCN(C(=O)c2ccc(OC)c(OC3CCN(C(C)=O)CC3)c2)C1. The molecule has 7 heteroatoms. The highest BCUT2D eigenvalue weighted by Crippen LogP contribution is 2.31. The third-order valence-electron chi connectivity index (χ3n) is 6.37. The summed E-state index contributed by atoms with van der Waals surface area (Å²) in [5, 5.41) is 0. The quantitative estimate of drug-likeness (QED) is 0.683. The monoisotopic (exact) mass is 417 g/mol. The molecule has 1 aromatic carbocycles. The first-order valence-corrected chi connectivity index (χ1v) is 11.1. The number of likely N-dealkylation sites (N-methyl/N-ethyl adjacent to an activating group) is 1. The van der Waals surface area contributed by atoms with Crippen LogP contribution in [0.1, 0.15) is 50.4 Å². The molecule has 30 heavy (non-hydrogen) atoms. The first-order chi connectivity index (χ1) is 14.5. The highest BCUT2D eigenvalue weighted by atomic mass is 16.5. The van der Waals surface area contributed by atoms with E-state index in [9.17, 15) is 9.59 Å². The van der Waals surface area contributed by atoms with Gasteiger partial charge in [0.1, 0.15) is 6.10 Å². The van der Waals surface area contributed by atoms with E-state index in [4.69, 9.17) is 9.47 Å². The number of rotatable bonds is 7. The zero-order valence-electron chi connectivity index (χ0n) is 18.7. The number of hydrogen-bond acceptors (Lipinski definition) is 5. The molecule has 0 saturated carbocycles. The summed E-state index contributed by atoms with van der Waals surface area (Å²) in [6.45, 7) is 10.9. The van der Waals surface area contributed by atoms with Gasteiger partial charge in [-0.25, -0.2) is 0 Å². The van der Waals surface area contributed by atoms with Gasteiger partial charge in [-0.2, -0.15) is 0 Å². The van der Waals surface area contributed by atoms with Gasteiger partial charge in [-0.15, -0.1) is 0 Å². The first kappa shape index (κ1) is 22.4. The maximum Gasteiger partial charge on any atom is 0.254 e. The van der Waals surface area contributed by atoms with Gasteiger partial charge in [-0.1, -0.05) is 13.8 Å². The van der Waals surface area contributed by atoms with Gasteiger partial charge in [0, 0.05) is 57.5 Å². The molecule has 0 bridgehead atoms. The number of piperidine rings is 1. The lowest BCUT2D eigenvalue weighted by molar-refractivity contribution is -0.130. The summed E-state index contributed by atoms with van der Waals surface area (Å²) >= 11 is 0. The van der Waals surface area contributed by atoms with Crippen LogP contribution in [0.3, 0.4) is 0 Å². The predicted octanol–water partition coefficient (Wildman–Crippen LogP) is 2.64. The third-order valence-corrected chi connectivity index (χ3v) is 6.37. The van der Waals surface area contributed by atoms with E-state index in [1.807, 2.05) is 28.0 Å². The number of methoxy groups -OCH3 is 1. The second kappa shape index (κ2) is 10.2. The lowest BCUT2D eigenvalue weighted by Gasteiger charge is -2.31. The molecule has 2 aliphatic heterocycles. The van der Waals surface area contributed by atoms with Crippen molar-refractivity contribution in [2.24, 2.45) is 0 Å². The van der Waals surface area contributed by atoms with Crippen LogP contribution in [0.4, 0.5) is 0 Å². The number of carbonyl (C=O) groups is 2. The Labute approximate surface area is 179 Å². The number of likely N-dealkylation sites (tertiary alicyclic amines) is 2. The number of hydrogen-bond donors (Lipinski definition) is 0. The zero-order chi connectivity index (χ0) is 21.7. The Morgan fingerprint density at radius 2 is 1.70 bits per heavy atom. The molecule has 0 aromatic heterocycles. The Bertz CT molecular complexity index is 742. The van der Waals surface area contributed by atoms with Gasteiger partial charge >= 0.3 is 0 Å². The average Bonchev–Trinajstić information content (AvgIpc) is 3.24. The van der Waals surface area contributed by atoms with Crippen LogP contribution in [0.15, 0.2) is 18.2 Å². The summed E-state index contributed by atoms with van der Waals surface area (Å²) in [5.41, 5.74) is 0.632. The Morgan fingerprint density at radius 1 is 1.03 bits per heavy atom. The molecule has 1 atom stereocenters. The fourth-order valence-corrected chi connectivity index (χ4v) is 4.52. The molecular formula is C23H35N3O4.